The molecule has 0 atom stereocenters. The van der Waals surface area contributed by atoms with Crippen LogP contribution in [-0.4, -0.2) is 22.6 Å². The maximum atomic E-state index is 12.8. The van der Waals surface area contributed by atoms with Crippen LogP contribution in [0.25, 0.3) is 0 Å². The summed E-state index contributed by atoms with van der Waals surface area (Å²) in [6, 6.07) is 11.4. The minimum atomic E-state index is -0.982. The summed E-state index contributed by atoms with van der Waals surface area (Å²) in [5.41, 5.74) is 3.15. The molecular formula is C16H14FN3O3. The van der Waals surface area contributed by atoms with Crippen molar-refractivity contribution in [3.63, 3.8) is 0 Å². The molecule has 2 amide bonds. The van der Waals surface area contributed by atoms with E-state index in [9.17, 15) is 19.1 Å². The molecule has 0 aromatic heterocycles. The number of hydrogen-bond acceptors (Lipinski definition) is 4. The number of halogens is 1. The third-order valence-corrected chi connectivity index (χ3v) is 2.93. The Kier molecular flexibility index (Phi) is 5.03. The van der Waals surface area contributed by atoms with E-state index < -0.39 is 17.6 Å². The highest BCUT2D eigenvalue weighted by molar-refractivity contribution is 6.39. The minimum absolute atomic E-state index is 0.0127. The SMILES string of the molecule is C/C(=N\NC(=O)C(=O)Nc1ccc(F)cc1)c1ccccc1O. The van der Waals surface area contributed by atoms with Gasteiger partial charge in [-0.3, -0.25) is 9.59 Å². The van der Waals surface area contributed by atoms with Gasteiger partial charge in [-0.2, -0.15) is 5.10 Å². The molecule has 2 aromatic carbocycles. The van der Waals surface area contributed by atoms with Gasteiger partial charge >= 0.3 is 11.8 Å². The molecule has 23 heavy (non-hydrogen) atoms. The van der Waals surface area contributed by atoms with E-state index in [4.69, 9.17) is 0 Å². The number of hydrazone groups is 1. The number of carbonyl (C=O) groups is 2. The van der Waals surface area contributed by atoms with Crippen LogP contribution >= 0.6 is 0 Å². The van der Waals surface area contributed by atoms with Gasteiger partial charge in [-0.15, -0.1) is 0 Å². The zero-order valence-corrected chi connectivity index (χ0v) is 12.2. The number of phenolic OH excluding ortho intramolecular Hbond substituents is 1. The van der Waals surface area contributed by atoms with Crippen molar-refractivity contribution in [1.82, 2.24) is 5.43 Å². The second-order valence-electron chi connectivity index (χ2n) is 4.62. The van der Waals surface area contributed by atoms with Crippen LogP contribution in [0.2, 0.25) is 0 Å². The Balaban J connectivity index is 1.98. The fourth-order valence-corrected chi connectivity index (χ4v) is 1.75. The van der Waals surface area contributed by atoms with E-state index in [0.29, 0.717) is 11.3 Å². The number of amides is 2. The molecule has 118 valence electrons. The molecule has 0 aliphatic carbocycles. The summed E-state index contributed by atoms with van der Waals surface area (Å²) in [5, 5.41) is 15.7. The summed E-state index contributed by atoms with van der Waals surface area (Å²) < 4.78 is 12.8. The molecule has 0 heterocycles. The maximum absolute atomic E-state index is 12.8. The van der Waals surface area contributed by atoms with Crippen molar-refractivity contribution in [3.8, 4) is 5.75 Å². The minimum Gasteiger partial charge on any atom is -0.507 e. The van der Waals surface area contributed by atoms with E-state index in [1.807, 2.05) is 0 Å². The van der Waals surface area contributed by atoms with E-state index in [-0.39, 0.29) is 11.4 Å². The van der Waals surface area contributed by atoms with Gasteiger partial charge in [-0.1, -0.05) is 12.1 Å². The summed E-state index contributed by atoms with van der Waals surface area (Å²) in [4.78, 5) is 23.3. The van der Waals surface area contributed by atoms with Gasteiger partial charge in [0.15, 0.2) is 0 Å². The number of rotatable bonds is 3. The molecule has 0 bridgehead atoms. The first-order chi connectivity index (χ1) is 11.0. The van der Waals surface area contributed by atoms with Crippen LogP contribution in [0.3, 0.4) is 0 Å². The van der Waals surface area contributed by atoms with Gasteiger partial charge in [-0.25, -0.2) is 9.82 Å². The first-order valence-electron chi connectivity index (χ1n) is 6.67. The average Bonchev–Trinajstić information content (AvgIpc) is 2.54. The Bertz CT molecular complexity index is 757. The Labute approximate surface area is 131 Å². The Morgan fingerprint density at radius 3 is 2.35 bits per heavy atom. The van der Waals surface area contributed by atoms with Gasteiger partial charge in [0, 0.05) is 11.3 Å². The topological polar surface area (TPSA) is 90.8 Å². The lowest BCUT2D eigenvalue weighted by Crippen LogP contribution is -2.32. The summed E-state index contributed by atoms with van der Waals surface area (Å²) >= 11 is 0. The van der Waals surface area contributed by atoms with Crippen LogP contribution in [-0.2, 0) is 9.59 Å². The van der Waals surface area contributed by atoms with Crippen molar-refractivity contribution in [1.29, 1.82) is 0 Å². The van der Waals surface area contributed by atoms with E-state index >= 15 is 0 Å². The van der Waals surface area contributed by atoms with Crippen LogP contribution in [0.5, 0.6) is 5.75 Å². The highest BCUT2D eigenvalue weighted by atomic mass is 19.1. The van der Waals surface area contributed by atoms with Gasteiger partial charge in [-0.05, 0) is 43.3 Å². The monoisotopic (exact) mass is 315 g/mol. The number of aromatic hydroxyl groups is 1. The second kappa shape index (κ2) is 7.17. The molecule has 0 aliphatic heterocycles. The molecule has 0 saturated carbocycles. The molecule has 2 rings (SSSR count). The molecular weight excluding hydrogens is 301 g/mol. The predicted octanol–water partition coefficient (Wildman–Crippen LogP) is 2.01. The van der Waals surface area contributed by atoms with Gasteiger partial charge in [0.05, 0.1) is 5.71 Å². The largest absolute Gasteiger partial charge is 0.507 e. The van der Waals surface area contributed by atoms with E-state index in [1.54, 1.807) is 25.1 Å². The molecule has 2 aromatic rings. The van der Waals surface area contributed by atoms with Crippen LogP contribution in [0, 0.1) is 5.82 Å². The van der Waals surface area contributed by atoms with Crippen molar-refractivity contribution >= 4 is 23.2 Å². The number of nitrogens with one attached hydrogen (secondary N) is 2. The number of nitrogens with zero attached hydrogens (tertiary/aromatic N) is 1. The van der Waals surface area contributed by atoms with Crippen LogP contribution in [0.4, 0.5) is 10.1 Å². The lowest BCUT2D eigenvalue weighted by Gasteiger charge is -2.05. The van der Waals surface area contributed by atoms with E-state index in [1.165, 1.54) is 18.2 Å². The lowest BCUT2D eigenvalue weighted by molar-refractivity contribution is -0.136. The summed E-state index contributed by atoms with van der Waals surface area (Å²) in [6.45, 7) is 1.58. The number of phenols is 1. The average molecular weight is 315 g/mol. The number of hydrogen-bond donors (Lipinski definition) is 3. The first kappa shape index (κ1) is 16.2. The fraction of sp³-hybridized carbons (Fsp3) is 0.0625. The zero-order chi connectivity index (χ0) is 16.8. The van der Waals surface area contributed by atoms with Gasteiger partial charge < -0.3 is 10.4 Å². The summed E-state index contributed by atoms with van der Waals surface area (Å²) in [7, 11) is 0. The summed E-state index contributed by atoms with van der Waals surface area (Å²) in [6.07, 6.45) is 0. The van der Waals surface area contributed by atoms with E-state index in [0.717, 1.165) is 12.1 Å². The van der Waals surface area contributed by atoms with Gasteiger partial charge in [0.2, 0.25) is 0 Å². The van der Waals surface area contributed by atoms with Crippen molar-refractivity contribution < 1.29 is 19.1 Å². The third-order valence-electron chi connectivity index (χ3n) is 2.93. The normalized spacial score (nSPS) is 11.0. The number of para-hydroxylation sites is 1. The Hall–Kier alpha value is -3.22. The molecule has 7 heteroatoms. The van der Waals surface area contributed by atoms with E-state index in [2.05, 4.69) is 15.8 Å². The highest BCUT2D eigenvalue weighted by Crippen LogP contribution is 2.16. The van der Waals surface area contributed by atoms with Crippen molar-refractivity contribution in [2.45, 2.75) is 6.92 Å². The summed E-state index contributed by atoms with van der Waals surface area (Å²) in [5.74, 6) is -2.36. The second-order valence-corrected chi connectivity index (χ2v) is 4.62. The van der Waals surface area contributed by atoms with Crippen LogP contribution in [0.15, 0.2) is 53.6 Å². The highest BCUT2D eigenvalue weighted by Gasteiger charge is 2.13. The molecule has 0 spiro atoms. The predicted molar refractivity (Wildman–Crippen MR) is 83.5 cm³/mol. The van der Waals surface area contributed by atoms with Crippen molar-refractivity contribution in [2.24, 2.45) is 5.10 Å². The Morgan fingerprint density at radius 2 is 1.70 bits per heavy atom. The molecule has 3 N–H and O–H groups in total. The molecule has 0 unspecified atom stereocenters. The number of anilines is 1. The molecule has 0 aliphatic rings. The quantitative estimate of drug-likeness (QED) is 0.460. The fourth-order valence-electron chi connectivity index (χ4n) is 1.75. The smallest absolute Gasteiger partial charge is 0.329 e. The Morgan fingerprint density at radius 1 is 1.04 bits per heavy atom. The first-order valence-corrected chi connectivity index (χ1v) is 6.67. The maximum Gasteiger partial charge on any atom is 0.329 e. The molecule has 0 saturated heterocycles. The van der Waals surface area contributed by atoms with Crippen LogP contribution in [0.1, 0.15) is 12.5 Å². The third kappa shape index (κ3) is 4.37. The lowest BCUT2D eigenvalue weighted by atomic mass is 10.1. The molecule has 0 radical (unpaired) electrons. The van der Waals surface area contributed by atoms with Gasteiger partial charge in [0.1, 0.15) is 11.6 Å². The van der Waals surface area contributed by atoms with Crippen LogP contribution < -0.4 is 10.7 Å². The molecule has 0 fully saturated rings. The molecule has 6 nitrogen and oxygen atoms in total. The standard InChI is InChI=1S/C16H14FN3O3/c1-10(13-4-2-3-5-14(13)21)19-20-16(23)15(22)18-12-8-6-11(17)7-9-12/h2-9,21H,1H3,(H,18,22)(H,20,23)/b19-10+. The van der Waals surface area contributed by atoms with Crippen molar-refractivity contribution in [3.05, 3.63) is 59.9 Å². The number of carbonyl (C=O) groups excluding carboxylic acids is 2. The number of benzene rings is 2. The zero-order valence-electron chi connectivity index (χ0n) is 12.2. The van der Waals surface area contributed by atoms with Gasteiger partial charge in [0.25, 0.3) is 0 Å². The van der Waals surface area contributed by atoms with Crippen molar-refractivity contribution in [2.75, 3.05) is 5.32 Å².